The summed E-state index contributed by atoms with van der Waals surface area (Å²) in [4.78, 5) is 27.2. The van der Waals surface area contributed by atoms with Crippen LogP contribution in [0.3, 0.4) is 0 Å². The fourth-order valence-corrected chi connectivity index (χ4v) is 4.00. The third kappa shape index (κ3) is 5.91. The number of unbranched alkanes of at least 4 members (excludes halogenated alkanes) is 1. The van der Waals surface area contributed by atoms with Crippen molar-refractivity contribution < 1.29 is 23.4 Å². The molecule has 3 atom stereocenters. The SMILES string of the molecule is CCCCOC(=O)[C@H](C)NP1(=O)CO[C@@H](Cn2ccc(N)nc2=O)CO1. The van der Waals surface area contributed by atoms with Crippen LogP contribution < -0.4 is 16.5 Å². The highest BCUT2D eigenvalue weighted by molar-refractivity contribution is 7.56. The number of rotatable bonds is 8. The number of nitrogens with zero attached hydrogens (tertiary/aromatic N) is 2. The molecule has 0 spiro atoms. The maximum atomic E-state index is 12.6. The first-order valence-corrected chi connectivity index (χ1v) is 10.3. The zero-order chi connectivity index (χ0) is 19.2. The molecule has 1 fully saturated rings. The third-order valence-corrected chi connectivity index (χ3v) is 5.57. The lowest BCUT2D eigenvalue weighted by Crippen LogP contribution is -2.40. The minimum atomic E-state index is -3.32. The molecule has 10 nitrogen and oxygen atoms in total. The number of aromatic nitrogens is 2. The van der Waals surface area contributed by atoms with E-state index in [0.29, 0.717) is 6.61 Å². The molecule has 1 aromatic heterocycles. The van der Waals surface area contributed by atoms with Crippen LogP contribution in [0.25, 0.3) is 0 Å². The quantitative estimate of drug-likeness (QED) is 0.375. The molecule has 1 unspecified atom stereocenters. The number of ether oxygens (including phenoxy) is 2. The number of anilines is 1. The Morgan fingerprint density at radius 1 is 1.62 bits per heavy atom. The first kappa shape index (κ1) is 20.6. The average Bonchev–Trinajstić information content (AvgIpc) is 2.59. The van der Waals surface area contributed by atoms with Crippen LogP contribution in [0.1, 0.15) is 26.7 Å². The van der Waals surface area contributed by atoms with E-state index in [2.05, 4.69) is 10.1 Å². The van der Waals surface area contributed by atoms with E-state index in [4.69, 9.17) is 19.7 Å². The van der Waals surface area contributed by atoms with Gasteiger partial charge in [0.25, 0.3) is 7.52 Å². The van der Waals surface area contributed by atoms with Gasteiger partial charge in [-0.05, 0) is 19.4 Å². The van der Waals surface area contributed by atoms with E-state index in [0.717, 1.165) is 12.8 Å². The summed E-state index contributed by atoms with van der Waals surface area (Å²) in [5.41, 5.74) is 4.95. The molecule has 26 heavy (non-hydrogen) atoms. The second-order valence-corrected chi connectivity index (χ2v) is 8.17. The van der Waals surface area contributed by atoms with Crippen molar-refractivity contribution in [3.8, 4) is 0 Å². The van der Waals surface area contributed by atoms with E-state index >= 15 is 0 Å². The average molecular weight is 388 g/mol. The van der Waals surface area contributed by atoms with E-state index in [-0.39, 0.29) is 25.3 Å². The number of carbonyl (C=O) groups is 1. The minimum absolute atomic E-state index is 0.0126. The molecule has 2 rings (SSSR count). The molecule has 146 valence electrons. The van der Waals surface area contributed by atoms with Crippen molar-refractivity contribution in [1.29, 1.82) is 0 Å². The molecular weight excluding hydrogens is 363 g/mol. The second-order valence-electron chi connectivity index (χ2n) is 6.05. The molecule has 2 heterocycles. The highest BCUT2D eigenvalue weighted by Crippen LogP contribution is 2.46. The molecule has 1 aromatic rings. The zero-order valence-electron chi connectivity index (χ0n) is 14.9. The third-order valence-electron chi connectivity index (χ3n) is 3.73. The number of esters is 1. The number of hydrogen-bond acceptors (Lipinski definition) is 8. The second kappa shape index (κ2) is 9.27. The summed E-state index contributed by atoms with van der Waals surface area (Å²) in [5.74, 6) is -0.348. The molecular formula is C15H25N4O6P. The lowest BCUT2D eigenvalue weighted by atomic mass is 10.3. The van der Waals surface area contributed by atoms with Crippen molar-refractivity contribution in [1.82, 2.24) is 14.6 Å². The summed E-state index contributed by atoms with van der Waals surface area (Å²) in [6.45, 7) is 4.09. The highest BCUT2D eigenvalue weighted by Gasteiger charge is 2.35. The topological polar surface area (TPSA) is 135 Å². The predicted octanol–water partition coefficient (Wildman–Crippen LogP) is 0.713. The molecule has 0 saturated carbocycles. The van der Waals surface area contributed by atoms with Gasteiger partial charge in [-0.25, -0.2) is 9.88 Å². The molecule has 1 aliphatic heterocycles. The summed E-state index contributed by atoms with van der Waals surface area (Å²) in [5, 5.41) is 2.66. The Morgan fingerprint density at radius 3 is 3.00 bits per heavy atom. The van der Waals surface area contributed by atoms with Crippen molar-refractivity contribution in [3.05, 3.63) is 22.7 Å². The van der Waals surface area contributed by atoms with Gasteiger partial charge in [0.15, 0.2) is 0 Å². The minimum Gasteiger partial charge on any atom is -0.465 e. The predicted molar refractivity (Wildman–Crippen MR) is 94.7 cm³/mol. The summed E-state index contributed by atoms with van der Waals surface area (Å²) < 4.78 is 30.0. The van der Waals surface area contributed by atoms with E-state index in [1.54, 1.807) is 6.92 Å². The fraction of sp³-hybridized carbons (Fsp3) is 0.667. The van der Waals surface area contributed by atoms with Gasteiger partial charge in [0, 0.05) is 6.20 Å². The Kier molecular flexibility index (Phi) is 7.33. The van der Waals surface area contributed by atoms with Gasteiger partial charge in [-0.2, -0.15) is 4.98 Å². The van der Waals surface area contributed by atoms with Crippen molar-refractivity contribution in [2.24, 2.45) is 0 Å². The summed E-state index contributed by atoms with van der Waals surface area (Å²) in [6, 6.07) is 0.727. The van der Waals surface area contributed by atoms with Crippen molar-refractivity contribution in [3.63, 3.8) is 0 Å². The summed E-state index contributed by atoms with van der Waals surface area (Å²) >= 11 is 0. The van der Waals surface area contributed by atoms with E-state index in [1.165, 1.54) is 16.8 Å². The Morgan fingerprint density at radius 2 is 2.38 bits per heavy atom. The van der Waals surface area contributed by atoms with Gasteiger partial charge in [0.2, 0.25) is 0 Å². The molecule has 0 amide bonds. The normalized spacial score (nSPS) is 24.2. The fourth-order valence-electron chi connectivity index (χ4n) is 2.26. The summed E-state index contributed by atoms with van der Waals surface area (Å²) in [6.07, 6.45) is 2.53. The van der Waals surface area contributed by atoms with E-state index in [1.807, 2.05) is 6.92 Å². The van der Waals surface area contributed by atoms with Crippen molar-refractivity contribution in [2.45, 2.75) is 45.4 Å². The molecule has 1 aliphatic rings. The summed E-state index contributed by atoms with van der Waals surface area (Å²) in [7, 11) is -3.32. The van der Waals surface area contributed by atoms with Crippen LogP contribution in [0, 0.1) is 0 Å². The smallest absolute Gasteiger partial charge is 0.349 e. The largest absolute Gasteiger partial charge is 0.465 e. The van der Waals surface area contributed by atoms with Crippen LogP contribution in [0.5, 0.6) is 0 Å². The maximum absolute atomic E-state index is 12.6. The van der Waals surface area contributed by atoms with Crippen LogP contribution in [0.15, 0.2) is 17.1 Å². The Bertz CT molecular complexity index is 712. The molecule has 0 aliphatic carbocycles. The van der Waals surface area contributed by atoms with Gasteiger partial charge in [-0.1, -0.05) is 13.3 Å². The van der Waals surface area contributed by atoms with Crippen LogP contribution in [0.2, 0.25) is 0 Å². The van der Waals surface area contributed by atoms with Crippen LogP contribution >= 0.6 is 7.52 Å². The monoisotopic (exact) mass is 388 g/mol. The highest BCUT2D eigenvalue weighted by atomic mass is 31.2. The number of nitrogens with one attached hydrogen (secondary N) is 1. The van der Waals surface area contributed by atoms with Gasteiger partial charge >= 0.3 is 11.7 Å². The van der Waals surface area contributed by atoms with E-state index in [9.17, 15) is 14.2 Å². The maximum Gasteiger partial charge on any atom is 0.349 e. The van der Waals surface area contributed by atoms with Gasteiger partial charge < -0.3 is 19.7 Å². The van der Waals surface area contributed by atoms with Gasteiger partial charge in [-0.15, -0.1) is 0 Å². The number of nitrogens with two attached hydrogens (primary N) is 1. The van der Waals surface area contributed by atoms with Crippen LogP contribution in [-0.2, 0) is 29.9 Å². The number of carbonyl (C=O) groups excluding carboxylic acids is 1. The van der Waals surface area contributed by atoms with Gasteiger partial charge in [-0.3, -0.25) is 13.9 Å². The molecule has 0 bridgehead atoms. The van der Waals surface area contributed by atoms with Crippen LogP contribution in [-0.4, -0.2) is 47.2 Å². The lowest BCUT2D eigenvalue weighted by molar-refractivity contribution is -0.145. The van der Waals surface area contributed by atoms with Crippen molar-refractivity contribution >= 4 is 19.3 Å². The molecule has 1 saturated heterocycles. The first-order valence-electron chi connectivity index (χ1n) is 8.45. The van der Waals surface area contributed by atoms with Gasteiger partial charge in [0.05, 0.1) is 19.8 Å². The Hall–Kier alpha value is -1.74. The lowest BCUT2D eigenvalue weighted by Gasteiger charge is -2.31. The van der Waals surface area contributed by atoms with Crippen LogP contribution in [0.4, 0.5) is 5.82 Å². The van der Waals surface area contributed by atoms with E-state index < -0.39 is 31.3 Å². The number of hydrogen-bond donors (Lipinski definition) is 2. The molecule has 0 radical (unpaired) electrons. The number of nitrogen functional groups attached to an aromatic ring is 1. The Labute approximate surface area is 151 Å². The standard InChI is InChI=1S/C15H25N4O6P/c1-3-4-7-23-14(20)11(2)18-26(22)10-24-12(9-25-26)8-19-6-5-13(16)17-15(19)21/h5-6,11-12H,3-4,7-10H2,1-2H3,(H,18,22)(H2,16,17,21)/t11-,12-,26?/m0/s1. The Balaban J connectivity index is 1.83. The molecule has 3 N–H and O–H groups in total. The first-order chi connectivity index (χ1) is 12.3. The molecule has 11 heteroatoms. The zero-order valence-corrected chi connectivity index (χ0v) is 15.8. The van der Waals surface area contributed by atoms with Gasteiger partial charge in [0.1, 0.15) is 24.3 Å². The van der Waals surface area contributed by atoms with Crippen molar-refractivity contribution in [2.75, 3.05) is 25.3 Å². The molecule has 0 aromatic carbocycles.